The predicted octanol–water partition coefficient (Wildman–Crippen LogP) is 1.85. The number of nitrogens with two attached hydrogens (primary N) is 1. The minimum Gasteiger partial charge on any atom is -0.374 e. The number of amides is 1. The molecule has 1 rings (SSSR count). The molecule has 1 aromatic rings. The third-order valence-corrected chi connectivity index (χ3v) is 3.03. The van der Waals surface area contributed by atoms with Gasteiger partial charge < -0.3 is 15.8 Å². The molecule has 0 heterocycles. The van der Waals surface area contributed by atoms with Crippen molar-refractivity contribution in [1.29, 1.82) is 0 Å². The number of hydrogen-bond acceptors (Lipinski definition) is 3. The first-order valence-corrected chi connectivity index (χ1v) is 7.11. The van der Waals surface area contributed by atoms with Gasteiger partial charge in [-0.1, -0.05) is 17.9 Å². The minimum absolute atomic E-state index is 0.126. The van der Waals surface area contributed by atoms with Gasteiger partial charge in [-0.05, 0) is 45.4 Å². The summed E-state index contributed by atoms with van der Waals surface area (Å²) in [6, 6.07) is 5.48. The lowest BCUT2D eigenvalue weighted by Gasteiger charge is -2.24. The van der Waals surface area contributed by atoms with Gasteiger partial charge in [0.15, 0.2) is 0 Å². The van der Waals surface area contributed by atoms with Gasteiger partial charge in [0.1, 0.15) is 0 Å². The van der Waals surface area contributed by atoms with Crippen LogP contribution < -0.4 is 11.1 Å². The number of aryl methyl sites for hydroxylation is 1. The topological polar surface area (TPSA) is 64.3 Å². The first-order valence-electron chi connectivity index (χ1n) is 7.11. The molecule has 0 atom stereocenters. The summed E-state index contributed by atoms with van der Waals surface area (Å²) in [5, 5.41) is 2.89. The first-order chi connectivity index (χ1) is 9.89. The van der Waals surface area contributed by atoms with E-state index in [1.165, 1.54) is 0 Å². The molecule has 114 valence electrons. The van der Waals surface area contributed by atoms with E-state index in [1.807, 2.05) is 33.8 Å². The van der Waals surface area contributed by atoms with E-state index in [-0.39, 0.29) is 11.5 Å². The van der Waals surface area contributed by atoms with Crippen LogP contribution in [0, 0.1) is 18.8 Å². The first kappa shape index (κ1) is 17.2. The lowest BCUT2D eigenvalue weighted by Crippen LogP contribution is -2.40. The van der Waals surface area contributed by atoms with Crippen LogP contribution in [-0.2, 0) is 4.74 Å². The van der Waals surface area contributed by atoms with Gasteiger partial charge in [0.05, 0.1) is 12.1 Å². The van der Waals surface area contributed by atoms with Gasteiger partial charge in [-0.25, -0.2) is 0 Å². The highest BCUT2D eigenvalue weighted by molar-refractivity contribution is 5.94. The number of nitrogens with one attached hydrogen (secondary N) is 1. The molecular weight excluding hydrogens is 264 g/mol. The van der Waals surface area contributed by atoms with Crippen LogP contribution in [0.1, 0.15) is 42.3 Å². The molecule has 4 heteroatoms. The Hall–Kier alpha value is -1.83. The summed E-state index contributed by atoms with van der Waals surface area (Å²) in [5.41, 5.74) is 7.46. The largest absolute Gasteiger partial charge is 0.374 e. The molecule has 0 fully saturated rings. The molecular formula is C17H24N2O2. The Bertz CT molecular complexity index is 554. The summed E-state index contributed by atoms with van der Waals surface area (Å²) in [5.74, 6) is 5.67. The van der Waals surface area contributed by atoms with E-state index in [0.29, 0.717) is 25.3 Å². The van der Waals surface area contributed by atoms with Crippen molar-refractivity contribution in [2.75, 3.05) is 19.7 Å². The zero-order chi connectivity index (χ0) is 15.9. The van der Waals surface area contributed by atoms with Gasteiger partial charge in [0, 0.05) is 24.3 Å². The van der Waals surface area contributed by atoms with E-state index in [2.05, 4.69) is 17.2 Å². The maximum Gasteiger partial charge on any atom is 0.251 e. The van der Waals surface area contributed by atoms with Gasteiger partial charge in [-0.2, -0.15) is 0 Å². The molecule has 1 amide bonds. The average molecular weight is 288 g/mol. The van der Waals surface area contributed by atoms with Crippen LogP contribution in [0.4, 0.5) is 0 Å². The summed E-state index contributed by atoms with van der Waals surface area (Å²) in [6.07, 6.45) is 0. The SMILES string of the molecule is CCOC(C)(C)CNC(=O)c1ccc(C)c(C#CCN)c1. The third kappa shape index (κ3) is 5.58. The zero-order valence-corrected chi connectivity index (χ0v) is 13.2. The molecule has 0 aliphatic rings. The van der Waals surface area contributed by atoms with Gasteiger partial charge >= 0.3 is 0 Å². The van der Waals surface area contributed by atoms with Crippen LogP contribution in [0.15, 0.2) is 18.2 Å². The van der Waals surface area contributed by atoms with Crippen molar-refractivity contribution in [1.82, 2.24) is 5.32 Å². The summed E-state index contributed by atoms with van der Waals surface area (Å²) < 4.78 is 5.56. The van der Waals surface area contributed by atoms with Gasteiger partial charge in [-0.3, -0.25) is 4.79 Å². The molecule has 0 saturated carbocycles. The highest BCUT2D eigenvalue weighted by Gasteiger charge is 2.19. The van der Waals surface area contributed by atoms with E-state index in [9.17, 15) is 4.79 Å². The normalized spacial score (nSPS) is 10.7. The standard InChI is InChI=1S/C17H24N2O2/c1-5-21-17(3,4)12-19-16(20)15-9-8-13(2)14(11-15)7-6-10-18/h8-9,11H,5,10,12,18H2,1-4H3,(H,19,20). The maximum absolute atomic E-state index is 12.2. The molecule has 3 N–H and O–H groups in total. The zero-order valence-electron chi connectivity index (χ0n) is 13.2. The van der Waals surface area contributed by atoms with Crippen LogP contribution in [0.3, 0.4) is 0 Å². The van der Waals surface area contributed by atoms with E-state index >= 15 is 0 Å². The summed E-state index contributed by atoms with van der Waals surface area (Å²) in [6.45, 7) is 9.17. The molecule has 0 aliphatic heterocycles. The number of hydrogen-bond donors (Lipinski definition) is 2. The van der Waals surface area contributed by atoms with E-state index in [4.69, 9.17) is 10.5 Å². The second-order valence-corrected chi connectivity index (χ2v) is 5.41. The molecule has 0 aliphatic carbocycles. The highest BCUT2D eigenvalue weighted by atomic mass is 16.5. The van der Waals surface area contributed by atoms with Crippen LogP contribution in [0.2, 0.25) is 0 Å². The summed E-state index contributed by atoms with van der Waals surface area (Å²) in [7, 11) is 0. The Morgan fingerprint density at radius 2 is 2.14 bits per heavy atom. The second-order valence-electron chi connectivity index (χ2n) is 5.41. The van der Waals surface area contributed by atoms with Crippen molar-refractivity contribution in [2.24, 2.45) is 5.73 Å². The van der Waals surface area contributed by atoms with Crippen molar-refractivity contribution in [3.8, 4) is 11.8 Å². The van der Waals surface area contributed by atoms with Gasteiger partial charge in [0.2, 0.25) is 0 Å². The Labute approximate surface area is 127 Å². The Kier molecular flexibility index (Phi) is 6.41. The Morgan fingerprint density at radius 1 is 1.43 bits per heavy atom. The van der Waals surface area contributed by atoms with Crippen LogP contribution in [0.25, 0.3) is 0 Å². The lowest BCUT2D eigenvalue weighted by molar-refractivity contribution is -0.00815. The number of benzene rings is 1. The monoisotopic (exact) mass is 288 g/mol. The maximum atomic E-state index is 12.2. The number of carbonyl (C=O) groups is 1. The molecule has 21 heavy (non-hydrogen) atoms. The highest BCUT2D eigenvalue weighted by Crippen LogP contribution is 2.11. The fraction of sp³-hybridized carbons (Fsp3) is 0.471. The smallest absolute Gasteiger partial charge is 0.251 e. The Balaban J connectivity index is 2.79. The molecule has 0 bridgehead atoms. The van der Waals surface area contributed by atoms with Crippen LogP contribution in [-0.4, -0.2) is 31.2 Å². The summed E-state index contributed by atoms with van der Waals surface area (Å²) in [4.78, 5) is 12.2. The van der Waals surface area contributed by atoms with Crippen LogP contribution >= 0.6 is 0 Å². The molecule has 1 aromatic carbocycles. The van der Waals surface area contributed by atoms with Gasteiger partial charge in [0.25, 0.3) is 5.91 Å². The van der Waals surface area contributed by atoms with Crippen molar-refractivity contribution in [3.63, 3.8) is 0 Å². The summed E-state index contributed by atoms with van der Waals surface area (Å²) >= 11 is 0. The lowest BCUT2D eigenvalue weighted by atomic mass is 10.0. The number of rotatable bonds is 5. The number of ether oxygens (including phenoxy) is 1. The number of carbonyl (C=O) groups excluding carboxylic acids is 1. The van der Waals surface area contributed by atoms with Gasteiger partial charge in [-0.15, -0.1) is 0 Å². The van der Waals surface area contributed by atoms with E-state index in [0.717, 1.165) is 11.1 Å². The Morgan fingerprint density at radius 3 is 2.76 bits per heavy atom. The van der Waals surface area contributed by atoms with Crippen molar-refractivity contribution < 1.29 is 9.53 Å². The van der Waals surface area contributed by atoms with E-state index in [1.54, 1.807) is 12.1 Å². The quantitative estimate of drug-likeness (QED) is 0.813. The fourth-order valence-corrected chi connectivity index (χ4v) is 1.88. The van der Waals surface area contributed by atoms with Crippen molar-refractivity contribution in [2.45, 2.75) is 33.3 Å². The average Bonchev–Trinajstić information content (AvgIpc) is 2.44. The molecule has 0 radical (unpaired) electrons. The van der Waals surface area contributed by atoms with E-state index < -0.39 is 0 Å². The fourth-order valence-electron chi connectivity index (χ4n) is 1.88. The second kappa shape index (κ2) is 7.82. The molecule has 0 unspecified atom stereocenters. The predicted molar refractivity (Wildman–Crippen MR) is 85.1 cm³/mol. The van der Waals surface area contributed by atoms with Crippen molar-refractivity contribution >= 4 is 5.91 Å². The molecule has 0 aromatic heterocycles. The third-order valence-electron chi connectivity index (χ3n) is 3.03. The van der Waals surface area contributed by atoms with Crippen molar-refractivity contribution in [3.05, 3.63) is 34.9 Å². The van der Waals surface area contributed by atoms with Crippen LogP contribution in [0.5, 0.6) is 0 Å². The minimum atomic E-state index is -0.378. The molecule has 4 nitrogen and oxygen atoms in total. The molecule has 0 saturated heterocycles. The molecule has 0 spiro atoms.